The Morgan fingerprint density at radius 2 is 1.95 bits per heavy atom. The van der Waals surface area contributed by atoms with Gasteiger partial charge in [-0.15, -0.1) is 0 Å². The zero-order valence-corrected chi connectivity index (χ0v) is 13.6. The molecule has 5 heteroatoms. The number of nitrogens with zero attached hydrogens (tertiary/aromatic N) is 1. The van der Waals surface area contributed by atoms with E-state index in [1.165, 1.54) is 6.42 Å². The third-order valence-corrected chi connectivity index (χ3v) is 4.59. The van der Waals surface area contributed by atoms with Gasteiger partial charge in [0.05, 0.1) is 6.42 Å². The predicted molar refractivity (Wildman–Crippen MR) is 86.6 cm³/mol. The van der Waals surface area contributed by atoms with Gasteiger partial charge >= 0.3 is 5.97 Å². The normalized spacial score (nSPS) is 17.2. The van der Waals surface area contributed by atoms with Crippen LogP contribution in [-0.2, 0) is 4.79 Å². The van der Waals surface area contributed by atoms with E-state index in [1.54, 1.807) is 18.2 Å². The van der Waals surface area contributed by atoms with Crippen LogP contribution in [0.15, 0.2) is 18.2 Å². The number of carbonyl (C=O) groups is 2. The van der Waals surface area contributed by atoms with Gasteiger partial charge in [-0.25, -0.2) is 0 Å². The molecule has 1 fully saturated rings. The van der Waals surface area contributed by atoms with Crippen molar-refractivity contribution in [3.05, 3.63) is 34.3 Å². The highest BCUT2D eigenvalue weighted by Gasteiger charge is 2.26. The molecule has 0 amide bonds. The van der Waals surface area contributed by atoms with Gasteiger partial charge in [0.25, 0.3) is 0 Å². The molecule has 0 aliphatic carbocycles. The van der Waals surface area contributed by atoms with Crippen LogP contribution in [0.1, 0.15) is 41.6 Å². The number of benzene rings is 1. The number of hydrogen-bond donors (Lipinski definition) is 1. The van der Waals surface area contributed by atoms with E-state index in [4.69, 9.17) is 16.7 Å². The molecule has 0 saturated carbocycles. The molecular weight excluding hydrogens is 302 g/mol. The molecule has 2 rings (SSSR count). The topological polar surface area (TPSA) is 57.6 Å². The number of aryl methyl sites for hydroxylation is 1. The molecule has 1 aromatic rings. The molecule has 1 aliphatic heterocycles. The van der Waals surface area contributed by atoms with Gasteiger partial charge < -0.3 is 10.0 Å². The zero-order valence-electron chi connectivity index (χ0n) is 12.8. The van der Waals surface area contributed by atoms with Crippen LogP contribution < -0.4 is 0 Å². The monoisotopic (exact) mass is 323 g/mol. The average Bonchev–Trinajstić information content (AvgIpc) is 2.49. The van der Waals surface area contributed by atoms with Gasteiger partial charge in [-0.2, -0.15) is 0 Å². The summed E-state index contributed by atoms with van der Waals surface area (Å²) in [6.45, 7) is 4.26. The van der Waals surface area contributed by atoms with Crippen LogP contribution in [0.4, 0.5) is 0 Å². The molecule has 0 spiro atoms. The molecule has 1 N–H and O–H groups in total. The van der Waals surface area contributed by atoms with E-state index in [1.807, 2.05) is 6.92 Å². The van der Waals surface area contributed by atoms with Gasteiger partial charge in [0, 0.05) is 23.0 Å². The number of piperidine rings is 1. The Morgan fingerprint density at radius 1 is 1.27 bits per heavy atom. The summed E-state index contributed by atoms with van der Waals surface area (Å²) in [5.41, 5.74) is 1.38. The fraction of sp³-hybridized carbons (Fsp3) is 0.529. The second-order valence-corrected chi connectivity index (χ2v) is 6.39. The van der Waals surface area contributed by atoms with E-state index >= 15 is 0 Å². The van der Waals surface area contributed by atoms with Gasteiger partial charge in [0.2, 0.25) is 0 Å². The summed E-state index contributed by atoms with van der Waals surface area (Å²) in [6.07, 6.45) is 3.32. The van der Waals surface area contributed by atoms with E-state index in [9.17, 15) is 9.59 Å². The van der Waals surface area contributed by atoms with Crippen LogP contribution in [-0.4, -0.2) is 41.4 Å². The Labute approximate surface area is 136 Å². The SMILES string of the molecule is Cc1cc(C(=O)C(CC(=O)O)CN2CCCCC2)ccc1Cl. The lowest BCUT2D eigenvalue weighted by Crippen LogP contribution is -2.37. The molecule has 1 atom stereocenters. The fourth-order valence-electron chi connectivity index (χ4n) is 2.94. The van der Waals surface area contributed by atoms with Gasteiger partial charge in [0.15, 0.2) is 5.78 Å². The third-order valence-electron chi connectivity index (χ3n) is 4.16. The number of carboxylic acids is 1. The molecule has 22 heavy (non-hydrogen) atoms. The van der Waals surface area contributed by atoms with Crippen LogP contribution in [0.3, 0.4) is 0 Å². The highest BCUT2D eigenvalue weighted by atomic mass is 35.5. The highest BCUT2D eigenvalue weighted by molar-refractivity contribution is 6.31. The molecule has 1 heterocycles. The van der Waals surface area contributed by atoms with Crippen molar-refractivity contribution in [3.8, 4) is 0 Å². The Kier molecular flexibility index (Phi) is 5.98. The molecule has 0 radical (unpaired) electrons. The van der Waals surface area contributed by atoms with Crippen molar-refractivity contribution in [1.82, 2.24) is 4.90 Å². The predicted octanol–water partition coefficient (Wildman–Crippen LogP) is 3.41. The standard InChI is InChI=1S/C17H22ClNO3/c1-12-9-13(5-6-15(12)18)17(22)14(10-16(20)21)11-19-7-3-2-4-8-19/h5-6,9,14H,2-4,7-8,10-11H2,1H3,(H,20,21). The Hall–Kier alpha value is -1.39. The summed E-state index contributed by atoms with van der Waals surface area (Å²) in [7, 11) is 0. The summed E-state index contributed by atoms with van der Waals surface area (Å²) in [5.74, 6) is -1.54. The molecule has 0 bridgehead atoms. The second kappa shape index (κ2) is 7.75. The zero-order chi connectivity index (χ0) is 16.1. The second-order valence-electron chi connectivity index (χ2n) is 5.98. The number of aliphatic carboxylic acids is 1. The van der Waals surface area contributed by atoms with E-state index in [-0.39, 0.29) is 12.2 Å². The largest absolute Gasteiger partial charge is 0.481 e. The van der Waals surface area contributed by atoms with Crippen LogP contribution in [0.25, 0.3) is 0 Å². The van der Waals surface area contributed by atoms with Gasteiger partial charge in [-0.05, 0) is 56.6 Å². The van der Waals surface area contributed by atoms with Crippen molar-refractivity contribution in [3.63, 3.8) is 0 Å². The van der Waals surface area contributed by atoms with E-state index in [2.05, 4.69) is 4.90 Å². The summed E-state index contributed by atoms with van der Waals surface area (Å²) in [6, 6.07) is 5.13. The maximum atomic E-state index is 12.7. The maximum absolute atomic E-state index is 12.7. The summed E-state index contributed by atoms with van der Waals surface area (Å²) >= 11 is 5.99. The van der Waals surface area contributed by atoms with Crippen molar-refractivity contribution in [2.45, 2.75) is 32.6 Å². The first-order valence-electron chi connectivity index (χ1n) is 7.72. The van der Waals surface area contributed by atoms with E-state index in [0.717, 1.165) is 31.5 Å². The lowest BCUT2D eigenvalue weighted by Gasteiger charge is -2.29. The maximum Gasteiger partial charge on any atom is 0.304 e. The van der Waals surface area contributed by atoms with E-state index < -0.39 is 11.9 Å². The minimum atomic E-state index is -0.930. The average molecular weight is 324 g/mol. The Morgan fingerprint density at radius 3 is 2.55 bits per heavy atom. The Bertz CT molecular complexity index is 553. The van der Waals surface area contributed by atoms with Crippen molar-refractivity contribution in [2.75, 3.05) is 19.6 Å². The number of carboxylic acid groups (broad SMARTS) is 1. The third kappa shape index (κ3) is 4.55. The first-order valence-corrected chi connectivity index (χ1v) is 8.09. The molecule has 1 aromatic carbocycles. The summed E-state index contributed by atoms with van der Waals surface area (Å²) < 4.78 is 0. The molecular formula is C17H22ClNO3. The Balaban J connectivity index is 2.13. The summed E-state index contributed by atoms with van der Waals surface area (Å²) in [4.78, 5) is 26.0. The minimum absolute atomic E-state index is 0.104. The number of carbonyl (C=O) groups excluding carboxylic acids is 1. The molecule has 120 valence electrons. The number of likely N-dealkylation sites (tertiary alicyclic amines) is 1. The van der Waals surface area contributed by atoms with Gasteiger partial charge in [-0.1, -0.05) is 18.0 Å². The fourth-order valence-corrected chi connectivity index (χ4v) is 3.06. The van der Waals surface area contributed by atoms with Crippen molar-refractivity contribution in [1.29, 1.82) is 0 Å². The first kappa shape index (κ1) is 17.0. The van der Waals surface area contributed by atoms with Crippen LogP contribution in [0, 0.1) is 12.8 Å². The van der Waals surface area contributed by atoms with Gasteiger partial charge in [0.1, 0.15) is 0 Å². The first-order chi connectivity index (χ1) is 10.5. The van der Waals surface area contributed by atoms with Crippen molar-refractivity contribution >= 4 is 23.4 Å². The van der Waals surface area contributed by atoms with Crippen molar-refractivity contribution < 1.29 is 14.7 Å². The molecule has 4 nitrogen and oxygen atoms in total. The van der Waals surface area contributed by atoms with Gasteiger partial charge in [-0.3, -0.25) is 9.59 Å². The smallest absolute Gasteiger partial charge is 0.304 e. The van der Waals surface area contributed by atoms with Crippen LogP contribution >= 0.6 is 11.6 Å². The van der Waals surface area contributed by atoms with Crippen molar-refractivity contribution in [2.24, 2.45) is 5.92 Å². The quantitative estimate of drug-likeness (QED) is 0.815. The summed E-state index contributed by atoms with van der Waals surface area (Å²) in [5, 5.41) is 9.73. The molecule has 1 saturated heterocycles. The lowest BCUT2D eigenvalue weighted by atomic mass is 9.92. The van der Waals surface area contributed by atoms with E-state index in [0.29, 0.717) is 17.1 Å². The molecule has 0 aromatic heterocycles. The number of halogens is 1. The van der Waals surface area contributed by atoms with Crippen LogP contribution in [0.2, 0.25) is 5.02 Å². The number of hydrogen-bond acceptors (Lipinski definition) is 3. The highest BCUT2D eigenvalue weighted by Crippen LogP contribution is 2.21. The molecule has 1 aliphatic rings. The number of ketones is 1. The minimum Gasteiger partial charge on any atom is -0.481 e. The lowest BCUT2D eigenvalue weighted by molar-refractivity contribution is -0.137. The molecule has 1 unspecified atom stereocenters. The number of Topliss-reactive ketones (excluding diaryl/α,β-unsaturated/α-hetero) is 1. The van der Waals surface area contributed by atoms with Crippen LogP contribution in [0.5, 0.6) is 0 Å². The number of rotatable bonds is 6.